The van der Waals surface area contributed by atoms with Crippen LogP contribution in [0, 0.1) is 6.92 Å². The maximum Gasteiger partial charge on any atom is 0.107 e. The molecule has 1 aliphatic carbocycles. The fourth-order valence-electron chi connectivity index (χ4n) is 3.96. The molecule has 0 saturated carbocycles. The average Bonchev–Trinajstić information content (AvgIpc) is 3.14. The second kappa shape index (κ2) is 5.14. The van der Waals surface area contributed by atoms with E-state index in [9.17, 15) is 0 Å². The van der Waals surface area contributed by atoms with E-state index in [4.69, 9.17) is 9.97 Å². The molecule has 0 spiro atoms. The van der Waals surface area contributed by atoms with Gasteiger partial charge in [-0.15, -0.1) is 11.3 Å². The molecule has 1 aromatic carbocycles. The van der Waals surface area contributed by atoms with Crippen molar-refractivity contribution in [2.45, 2.75) is 38.8 Å². The first-order valence-electron chi connectivity index (χ1n) is 8.41. The van der Waals surface area contributed by atoms with Crippen molar-refractivity contribution in [3.63, 3.8) is 0 Å². The number of likely N-dealkylation sites (tertiary alicyclic amines) is 1. The van der Waals surface area contributed by atoms with Gasteiger partial charge in [0.15, 0.2) is 0 Å². The molecule has 5 rings (SSSR count). The normalized spacial score (nSPS) is 18.5. The lowest BCUT2D eigenvalue weighted by Gasteiger charge is -2.40. The largest absolute Gasteiger partial charge is 0.322 e. The molecule has 0 bridgehead atoms. The molecule has 0 unspecified atom stereocenters. The summed E-state index contributed by atoms with van der Waals surface area (Å²) in [6, 6.07) is 9.01. The fourth-order valence-corrected chi connectivity index (χ4v) is 5.16. The molecule has 118 valence electrons. The number of fused-ring (bicyclic) bond motifs is 2. The van der Waals surface area contributed by atoms with E-state index in [0.717, 1.165) is 31.0 Å². The van der Waals surface area contributed by atoms with Gasteiger partial charge in [0, 0.05) is 18.0 Å². The van der Waals surface area contributed by atoms with E-state index in [0.29, 0.717) is 6.04 Å². The maximum absolute atomic E-state index is 4.83. The first-order chi connectivity index (χ1) is 11.3. The zero-order valence-electron chi connectivity index (χ0n) is 13.3. The van der Waals surface area contributed by atoms with Crippen LogP contribution in [0.4, 0.5) is 0 Å². The molecule has 1 fully saturated rings. The second-order valence-electron chi connectivity index (χ2n) is 6.70. The van der Waals surface area contributed by atoms with Crippen molar-refractivity contribution in [1.82, 2.24) is 19.4 Å². The third kappa shape index (κ3) is 2.22. The quantitative estimate of drug-likeness (QED) is 0.741. The summed E-state index contributed by atoms with van der Waals surface area (Å²) in [5.74, 6) is 1.13. The lowest BCUT2D eigenvalue weighted by molar-refractivity contribution is 0.0999. The Labute approximate surface area is 139 Å². The van der Waals surface area contributed by atoms with Gasteiger partial charge in [-0.1, -0.05) is 12.1 Å². The van der Waals surface area contributed by atoms with E-state index in [1.54, 1.807) is 0 Å². The van der Waals surface area contributed by atoms with Crippen LogP contribution in [-0.2, 0) is 19.4 Å². The van der Waals surface area contributed by atoms with Crippen LogP contribution in [0.1, 0.15) is 33.9 Å². The smallest absolute Gasteiger partial charge is 0.107 e. The molecule has 23 heavy (non-hydrogen) atoms. The summed E-state index contributed by atoms with van der Waals surface area (Å²) in [6.07, 6.45) is 3.73. The number of benzene rings is 1. The van der Waals surface area contributed by atoms with E-state index >= 15 is 0 Å². The van der Waals surface area contributed by atoms with Gasteiger partial charge in [0.1, 0.15) is 10.8 Å². The molecular formula is C18H20N4S. The summed E-state index contributed by atoms with van der Waals surface area (Å²) < 4.78 is 2.41. The zero-order valence-corrected chi connectivity index (χ0v) is 14.1. The molecular weight excluding hydrogens is 304 g/mol. The van der Waals surface area contributed by atoms with E-state index in [2.05, 4.69) is 40.7 Å². The third-order valence-corrected chi connectivity index (χ3v) is 6.22. The van der Waals surface area contributed by atoms with Gasteiger partial charge in [-0.3, -0.25) is 4.90 Å². The summed E-state index contributed by atoms with van der Waals surface area (Å²) in [5, 5.41) is 1.31. The molecule has 3 aromatic rings. The van der Waals surface area contributed by atoms with Crippen LogP contribution in [0.2, 0.25) is 0 Å². The Balaban J connectivity index is 1.31. The number of rotatable bonds is 3. The molecule has 1 aliphatic heterocycles. The molecule has 1 saturated heterocycles. The topological polar surface area (TPSA) is 34.0 Å². The summed E-state index contributed by atoms with van der Waals surface area (Å²) >= 11 is 1.93. The van der Waals surface area contributed by atoms with Crippen molar-refractivity contribution in [3.05, 3.63) is 45.7 Å². The van der Waals surface area contributed by atoms with Crippen molar-refractivity contribution in [1.29, 1.82) is 0 Å². The number of aryl methyl sites for hydroxylation is 3. The van der Waals surface area contributed by atoms with Crippen molar-refractivity contribution < 1.29 is 0 Å². The molecule has 0 radical (unpaired) electrons. The summed E-state index contributed by atoms with van der Waals surface area (Å²) in [6.45, 7) is 5.34. The van der Waals surface area contributed by atoms with Crippen LogP contribution >= 0.6 is 11.3 Å². The molecule has 2 aromatic heterocycles. The minimum Gasteiger partial charge on any atom is -0.322 e. The average molecular weight is 324 g/mol. The van der Waals surface area contributed by atoms with Gasteiger partial charge in [0.05, 0.1) is 29.3 Å². The minimum atomic E-state index is 0.550. The Morgan fingerprint density at radius 3 is 2.91 bits per heavy atom. The Kier molecular flexibility index (Phi) is 3.06. The van der Waals surface area contributed by atoms with Crippen LogP contribution in [-0.4, -0.2) is 32.5 Å². The van der Waals surface area contributed by atoms with Gasteiger partial charge in [-0.05, 0) is 38.3 Å². The lowest BCUT2D eigenvalue weighted by atomic mass is 10.1. The third-order valence-electron chi connectivity index (χ3n) is 5.07. The number of nitrogens with zero attached hydrogens (tertiary/aromatic N) is 4. The Bertz CT molecular complexity index is 851. The molecule has 0 amide bonds. The van der Waals surface area contributed by atoms with Crippen molar-refractivity contribution >= 4 is 22.4 Å². The summed E-state index contributed by atoms with van der Waals surface area (Å²) in [4.78, 5) is 13.6. The Morgan fingerprint density at radius 2 is 2.04 bits per heavy atom. The molecule has 0 N–H and O–H groups in total. The Morgan fingerprint density at radius 1 is 1.17 bits per heavy atom. The first-order valence-corrected chi connectivity index (χ1v) is 9.23. The van der Waals surface area contributed by atoms with Gasteiger partial charge in [0.25, 0.3) is 0 Å². The van der Waals surface area contributed by atoms with E-state index in [-0.39, 0.29) is 0 Å². The lowest BCUT2D eigenvalue weighted by Crippen LogP contribution is -2.47. The molecule has 3 heterocycles. The number of imidazole rings is 1. The van der Waals surface area contributed by atoms with Gasteiger partial charge in [-0.2, -0.15) is 0 Å². The number of hydrogen-bond acceptors (Lipinski definition) is 4. The van der Waals surface area contributed by atoms with Crippen LogP contribution in [0.25, 0.3) is 11.0 Å². The maximum atomic E-state index is 4.83. The van der Waals surface area contributed by atoms with Gasteiger partial charge < -0.3 is 4.57 Å². The van der Waals surface area contributed by atoms with Gasteiger partial charge in [0.2, 0.25) is 0 Å². The molecule has 0 atom stereocenters. The minimum absolute atomic E-state index is 0.550. The summed E-state index contributed by atoms with van der Waals surface area (Å²) in [7, 11) is 0. The summed E-state index contributed by atoms with van der Waals surface area (Å²) in [5.41, 5.74) is 3.75. The van der Waals surface area contributed by atoms with Crippen LogP contribution in [0.3, 0.4) is 0 Å². The van der Waals surface area contributed by atoms with Crippen molar-refractivity contribution in [2.24, 2.45) is 0 Å². The van der Waals surface area contributed by atoms with Gasteiger partial charge in [-0.25, -0.2) is 9.97 Å². The van der Waals surface area contributed by atoms with Gasteiger partial charge >= 0.3 is 0 Å². The predicted molar refractivity (Wildman–Crippen MR) is 92.9 cm³/mol. The SMILES string of the molecule is Cc1nc2ccccc2n1C1CN(Cc2nc3c(s2)CCC3)C1. The van der Waals surface area contributed by atoms with Crippen LogP contribution in [0.5, 0.6) is 0 Å². The van der Waals surface area contributed by atoms with Crippen LogP contribution < -0.4 is 0 Å². The second-order valence-corrected chi connectivity index (χ2v) is 7.86. The zero-order chi connectivity index (χ0) is 15.4. The van der Waals surface area contributed by atoms with Crippen molar-refractivity contribution in [2.75, 3.05) is 13.1 Å². The molecule has 5 heteroatoms. The highest BCUT2D eigenvalue weighted by Crippen LogP contribution is 2.32. The van der Waals surface area contributed by atoms with E-state index in [1.165, 1.54) is 40.4 Å². The highest BCUT2D eigenvalue weighted by Gasteiger charge is 2.31. The van der Waals surface area contributed by atoms with E-state index in [1.807, 2.05) is 11.3 Å². The molecule has 2 aliphatic rings. The number of para-hydroxylation sites is 2. The van der Waals surface area contributed by atoms with E-state index < -0.39 is 0 Å². The number of aromatic nitrogens is 3. The monoisotopic (exact) mass is 324 g/mol. The fraction of sp³-hybridized carbons (Fsp3) is 0.444. The molecule has 4 nitrogen and oxygen atoms in total. The first kappa shape index (κ1) is 13.7. The van der Waals surface area contributed by atoms with Crippen LogP contribution in [0.15, 0.2) is 24.3 Å². The Hall–Kier alpha value is -1.72. The predicted octanol–water partition coefficient (Wildman–Crippen LogP) is 3.35. The standard InChI is InChI=1S/C18H20N4S/c1-12-19-14-5-2-3-7-16(14)22(12)13-9-21(10-13)11-18-20-15-6-4-8-17(15)23-18/h2-3,5,7,13H,4,6,8-11H2,1H3. The highest BCUT2D eigenvalue weighted by atomic mass is 32.1. The number of thiazole rings is 1. The highest BCUT2D eigenvalue weighted by molar-refractivity contribution is 7.11. The number of hydrogen-bond donors (Lipinski definition) is 0. The van der Waals surface area contributed by atoms with Crippen molar-refractivity contribution in [3.8, 4) is 0 Å².